The van der Waals surface area contributed by atoms with Gasteiger partial charge in [0.15, 0.2) is 11.5 Å². The van der Waals surface area contributed by atoms with E-state index in [4.69, 9.17) is 5.11 Å². The van der Waals surface area contributed by atoms with Gasteiger partial charge in [0.2, 0.25) is 0 Å². The van der Waals surface area contributed by atoms with Gasteiger partial charge in [-0.15, -0.1) is 0 Å². The molecule has 0 aliphatic carbocycles. The number of carbonyl (C=O) groups is 1. The van der Waals surface area contributed by atoms with Gasteiger partial charge < -0.3 is 5.11 Å². The number of aromatic amines is 1. The molecule has 0 aromatic carbocycles. The zero-order valence-corrected chi connectivity index (χ0v) is 10.9. The predicted octanol–water partition coefficient (Wildman–Crippen LogP) is 3.09. The van der Waals surface area contributed by atoms with Gasteiger partial charge in [0.05, 0.1) is 5.69 Å². The summed E-state index contributed by atoms with van der Waals surface area (Å²) in [6, 6.07) is 1.96. The van der Waals surface area contributed by atoms with Crippen LogP contribution in [0.3, 0.4) is 0 Å². The molecule has 0 saturated carbocycles. The number of carboxylic acid groups (broad SMARTS) is 1. The number of nitrogens with one attached hydrogen (secondary N) is 1. The first-order valence-electron chi connectivity index (χ1n) is 4.93. The molecule has 0 bridgehead atoms. The van der Waals surface area contributed by atoms with Gasteiger partial charge in [-0.3, -0.25) is 5.10 Å². The van der Waals surface area contributed by atoms with Crippen molar-refractivity contribution in [1.29, 1.82) is 0 Å². The molecule has 2 N–H and O–H groups in total. The van der Waals surface area contributed by atoms with Crippen LogP contribution in [0.5, 0.6) is 0 Å². The smallest absolute Gasteiger partial charge is 0.433 e. The summed E-state index contributed by atoms with van der Waals surface area (Å²) in [4.78, 5) is 14.6. The fourth-order valence-corrected chi connectivity index (χ4v) is 1.81. The van der Waals surface area contributed by atoms with Gasteiger partial charge in [0.1, 0.15) is 15.9 Å². The lowest BCUT2D eigenvalue weighted by atomic mass is 10.1. The molecule has 0 amide bonds. The van der Waals surface area contributed by atoms with E-state index in [1.807, 2.05) is 0 Å². The Morgan fingerprint density at radius 1 is 1.35 bits per heavy atom. The van der Waals surface area contributed by atoms with Gasteiger partial charge in [0.25, 0.3) is 0 Å². The topological polar surface area (TPSA) is 78.9 Å². The molecular formula is C10H4BrF4N3O2. The number of aromatic carboxylic acids is 1. The number of hydrogen-bond acceptors (Lipinski definition) is 3. The van der Waals surface area contributed by atoms with E-state index >= 15 is 0 Å². The maximum Gasteiger partial charge on any atom is 0.433 e. The molecular weight excluding hydrogens is 350 g/mol. The van der Waals surface area contributed by atoms with Crippen LogP contribution in [-0.2, 0) is 6.18 Å². The summed E-state index contributed by atoms with van der Waals surface area (Å²) in [7, 11) is 0. The van der Waals surface area contributed by atoms with Crippen LogP contribution < -0.4 is 0 Å². The highest BCUT2D eigenvalue weighted by Gasteiger charge is 2.40. The monoisotopic (exact) mass is 353 g/mol. The first-order valence-corrected chi connectivity index (χ1v) is 5.72. The number of alkyl halides is 3. The van der Waals surface area contributed by atoms with Crippen molar-refractivity contribution in [2.45, 2.75) is 6.18 Å². The van der Waals surface area contributed by atoms with E-state index in [-0.39, 0.29) is 10.3 Å². The van der Waals surface area contributed by atoms with E-state index in [9.17, 15) is 22.4 Å². The molecule has 0 unspecified atom stereocenters. The number of carboxylic acids is 1. The quantitative estimate of drug-likeness (QED) is 0.642. The molecule has 2 aromatic heterocycles. The fraction of sp³-hybridized carbons (Fsp3) is 0.100. The third-order valence-electron chi connectivity index (χ3n) is 2.31. The second-order valence-electron chi connectivity index (χ2n) is 3.59. The number of pyridine rings is 1. The zero-order chi connectivity index (χ0) is 15.1. The number of rotatable bonds is 2. The third kappa shape index (κ3) is 2.50. The van der Waals surface area contributed by atoms with Crippen molar-refractivity contribution < 1.29 is 27.5 Å². The molecule has 20 heavy (non-hydrogen) atoms. The van der Waals surface area contributed by atoms with E-state index in [2.05, 4.69) is 26.0 Å². The molecule has 0 saturated heterocycles. The molecule has 0 radical (unpaired) electrons. The molecule has 2 heterocycles. The van der Waals surface area contributed by atoms with Crippen LogP contribution in [0.2, 0.25) is 0 Å². The lowest BCUT2D eigenvalue weighted by Gasteiger charge is -2.05. The first kappa shape index (κ1) is 14.4. The van der Waals surface area contributed by atoms with Crippen LogP contribution in [0.15, 0.2) is 16.7 Å². The molecule has 0 atom stereocenters. The van der Waals surface area contributed by atoms with Crippen LogP contribution in [0.1, 0.15) is 16.1 Å². The number of nitrogens with zero attached hydrogens (tertiary/aromatic N) is 2. The Morgan fingerprint density at radius 2 is 2.00 bits per heavy atom. The summed E-state index contributed by atoms with van der Waals surface area (Å²) in [5, 5.41) is 13.8. The minimum Gasteiger partial charge on any atom is -0.478 e. The van der Waals surface area contributed by atoms with Crippen molar-refractivity contribution in [3.63, 3.8) is 0 Å². The minimum absolute atomic E-state index is 0.206. The second kappa shape index (κ2) is 4.85. The minimum atomic E-state index is -4.91. The Balaban J connectivity index is 2.66. The van der Waals surface area contributed by atoms with Crippen molar-refractivity contribution in [3.05, 3.63) is 33.8 Å². The van der Waals surface area contributed by atoms with Crippen molar-refractivity contribution in [1.82, 2.24) is 15.2 Å². The normalized spacial score (nSPS) is 11.7. The van der Waals surface area contributed by atoms with E-state index in [0.29, 0.717) is 0 Å². The molecule has 106 valence electrons. The molecule has 0 fully saturated rings. The van der Waals surface area contributed by atoms with E-state index in [0.717, 1.165) is 12.1 Å². The van der Waals surface area contributed by atoms with Gasteiger partial charge in [-0.2, -0.15) is 18.3 Å². The summed E-state index contributed by atoms with van der Waals surface area (Å²) in [6.07, 6.45) is -4.91. The number of H-pyrrole nitrogens is 1. The van der Waals surface area contributed by atoms with Crippen LogP contribution >= 0.6 is 15.9 Å². The van der Waals surface area contributed by atoms with Crippen molar-refractivity contribution in [2.24, 2.45) is 0 Å². The van der Waals surface area contributed by atoms with Crippen LogP contribution in [0, 0.1) is 5.82 Å². The standard InChI is InChI=1S/C10H4BrF4N3O2/c11-8-3(12)1-2-4(16-8)6-5(9(19)20)7(18-17-6)10(13,14)15/h1-2H,(H,17,18)(H,19,20). The van der Waals surface area contributed by atoms with E-state index < -0.39 is 34.9 Å². The highest BCUT2D eigenvalue weighted by molar-refractivity contribution is 9.10. The molecule has 5 nitrogen and oxygen atoms in total. The average Bonchev–Trinajstić information content (AvgIpc) is 2.77. The highest BCUT2D eigenvalue weighted by Crippen LogP contribution is 2.34. The number of halogens is 5. The van der Waals surface area contributed by atoms with Crippen molar-refractivity contribution in [2.75, 3.05) is 0 Å². The second-order valence-corrected chi connectivity index (χ2v) is 4.35. The molecule has 2 rings (SSSR count). The van der Waals surface area contributed by atoms with Crippen LogP contribution in [0.25, 0.3) is 11.4 Å². The number of aromatic nitrogens is 3. The SMILES string of the molecule is O=C(O)c1c(-c2ccc(F)c(Br)n2)n[nH]c1C(F)(F)F. The van der Waals surface area contributed by atoms with Gasteiger partial charge in [-0.25, -0.2) is 14.2 Å². The van der Waals surface area contributed by atoms with Crippen molar-refractivity contribution in [3.8, 4) is 11.4 Å². The van der Waals surface area contributed by atoms with E-state index in [1.165, 1.54) is 0 Å². The van der Waals surface area contributed by atoms with Crippen molar-refractivity contribution >= 4 is 21.9 Å². The third-order valence-corrected chi connectivity index (χ3v) is 2.87. The molecule has 0 spiro atoms. The summed E-state index contributed by atoms with van der Waals surface area (Å²) in [5.74, 6) is -2.56. The summed E-state index contributed by atoms with van der Waals surface area (Å²) in [6.45, 7) is 0. The summed E-state index contributed by atoms with van der Waals surface area (Å²) in [5.41, 5.74) is -3.29. The predicted molar refractivity (Wildman–Crippen MR) is 61.4 cm³/mol. The maximum atomic E-state index is 13.0. The van der Waals surface area contributed by atoms with E-state index in [1.54, 1.807) is 5.10 Å². The Bertz CT molecular complexity index is 684. The Hall–Kier alpha value is -1.97. The summed E-state index contributed by atoms with van der Waals surface area (Å²) < 4.78 is 50.7. The Kier molecular flexibility index (Phi) is 3.50. The molecule has 10 heteroatoms. The maximum absolute atomic E-state index is 13.0. The van der Waals surface area contributed by atoms with Crippen LogP contribution in [-0.4, -0.2) is 26.3 Å². The number of hydrogen-bond donors (Lipinski definition) is 2. The highest BCUT2D eigenvalue weighted by atomic mass is 79.9. The zero-order valence-electron chi connectivity index (χ0n) is 9.29. The summed E-state index contributed by atoms with van der Waals surface area (Å²) >= 11 is 2.76. The average molecular weight is 354 g/mol. The largest absolute Gasteiger partial charge is 0.478 e. The van der Waals surface area contributed by atoms with Gasteiger partial charge in [-0.05, 0) is 28.1 Å². The van der Waals surface area contributed by atoms with Gasteiger partial charge in [0, 0.05) is 0 Å². The Labute approximate surface area is 116 Å². The van der Waals surface area contributed by atoms with Gasteiger partial charge >= 0.3 is 12.1 Å². The molecule has 0 aliphatic heterocycles. The molecule has 2 aromatic rings. The van der Waals surface area contributed by atoms with Gasteiger partial charge in [-0.1, -0.05) is 0 Å². The first-order chi connectivity index (χ1) is 9.21. The lowest BCUT2D eigenvalue weighted by Crippen LogP contribution is -2.12. The molecule has 0 aliphatic rings. The lowest BCUT2D eigenvalue weighted by molar-refractivity contribution is -0.141. The van der Waals surface area contributed by atoms with Crippen LogP contribution in [0.4, 0.5) is 17.6 Å². The fourth-order valence-electron chi connectivity index (χ4n) is 1.49. The Morgan fingerprint density at radius 3 is 2.50 bits per heavy atom.